The summed E-state index contributed by atoms with van der Waals surface area (Å²) in [5.74, 6) is -2.72. The maximum atomic E-state index is 12.2. The Balaban J connectivity index is 1.80. The molecule has 0 atom stereocenters. The zero-order chi connectivity index (χ0) is 22.1. The van der Waals surface area contributed by atoms with Gasteiger partial charge in [0.05, 0.1) is 5.69 Å². The molecule has 158 valence electrons. The number of amides is 2. The first-order valence-corrected chi connectivity index (χ1v) is 8.64. The molecule has 0 saturated heterocycles. The number of esters is 1. The smallest absolute Gasteiger partial charge is 0.387 e. The Morgan fingerprint density at radius 3 is 2.47 bits per heavy atom. The number of halogens is 2. The molecule has 0 aromatic heterocycles. The second kappa shape index (κ2) is 10.6. The zero-order valence-corrected chi connectivity index (χ0v) is 15.8. The number of carbonyl (C=O) groups excluding carboxylic acids is 4. The summed E-state index contributed by atoms with van der Waals surface area (Å²) < 4.78 is 33.4. The van der Waals surface area contributed by atoms with Gasteiger partial charge in [-0.2, -0.15) is 8.78 Å². The third-order valence-corrected chi connectivity index (χ3v) is 3.66. The highest BCUT2D eigenvalue weighted by Gasteiger charge is 2.14. The second-order valence-corrected chi connectivity index (χ2v) is 5.90. The molecule has 0 unspecified atom stereocenters. The van der Waals surface area contributed by atoms with Gasteiger partial charge in [-0.1, -0.05) is 18.2 Å². The van der Waals surface area contributed by atoms with E-state index < -0.39 is 37.5 Å². The number of benzene rings is 2. The van der Waals surface area contributed by atoms with Gasteiger partial charge in [0, 0.05) is 11.1 Å². The molecule has 0 aliphatic rings. The van der Waals surface area contributed by atoms with Gasteiger partial charge in [-0.05, 0) is 37.3 Å². The molecule has 0 radical (unpaired) electrons. The number of hydrogen-bond acceptors (Lipinski definition) is 6. The quantitative estimate of drug-likeness (QED) is 0.476. The van der Waals surface area contributed by atoms with Gasteiger partial charge < -0.3 is 20.1 Å². The molecule has 2 aromatic carbocycles. The van der Waals surface area contributed by atoms with E-state index in [0.29, 0.717) is 5.56 Å². The lowest BCUT2D eigenvalue weighted by molar-refractivity contribution is -0.146. The number of alkyl halides is 2. The van der Waals surface area contributed by atoms with Crippen LogP contribution in [-0.2, 0) is 14.3 Å². The third kappa shape index (κ3) is 6.97. The fraction of sp³-hybridized carbons (Fsp3) is 0.200. The number of rotatable bonds is 9. The third-order valence-electron chi connectivity index (χ3n) is 3.66. The Kier molecular flexibility index (Phi) is 7.98. The minimum Gasteiger partial charge on any atom is -0.454 e. The topological polar surface area (TPSA) is 111 Å². The van der Waals surface area contributed by atoms with E-state index in [1.165, 1.54) is 31.2 Å². The molecule has 0 bridgehead atoms. The number of anilines is 1. The molecule has 30 heavy (non-hydrogen) atoms. The lowest BCUT2D eigenvalue weighted by atomic mass is 10.1. The van der Waals surface area contributed by atoms with Crippen molar-refractivity contribution in [2.24, 2.45) is 0 Å². The van der Waals surface area contributed by atoms with Crippen LogP contribution < -0.4 is 15.4 Å². The Morgan fingerprint density at radius 1 is 1.03 bits per heavy atom. The number of carbonyl (C=O) groups is 4. The van der Waals surface area contributed by atoms with Crippen LogP contribution in [0.3, 0.4) is 0 Å². The lowest BCUT2D eigenvalue weighted by Crippen LogP contribution is -2.32. The van der Waals surface area contributed by atoms with Crippen molar-refractivity contribution in [1.82, 2.24) is 5.32 Å². The van der Waals surface area contributed by atoms with E-state index in [4.69, 9.17) is 4.74 Å². The van der Waals surface area contributed by atoms with Gasteiger partial charge in [0.25, 0.3) is 11.8 Å². The van der Waals surface area contributed by atoms with E-state index in [-0.39, 0.29) is 22.8 Å². The monoisotopic (exact) mass is 420 g/mol. The zero-order valence-electron chi connectivity index (χ0n) is 15.8. The fourth-order valence-electron chi connectivity index (χ4n) is 2.35. The van der Waals surface area contributed by atoms with Crippen molar-refractivity contribution in [3.8, 4) is 5.75 Å². The average molecular weight is 420 g/mol. The van der Waals surface area contributed by atoms with Gasteiger partial charge in [-0.15, -0.1) is 0 Å². The van der Waals surface area contributed by atoms with Crippen LogP contribution in [0, 0.1) is 0 Å². The first-order valence-electron chi connectivity index (χ1n) is 8.64. The van der Waals surface area contributed by atoms with Crippen molar-refractivity contribution < 1.29 is 37.4 Å². The molecule has 2 amide bonds. The molecule has 0 saturated carbocycles. The van der Waals surface area contributed by atoms with Gasteiger partial charge in [-0.25, -0.2) is 0 Å². The number of ether oxygens (including phenoxy) is 2. The van der Waals surface area contributed by atoms with Crippen molar-refractivity contribution in [2.75, 3.05) is 18.5 Å². The highest BCUT2D eigenvalue weighted by Crippen LogP contribution is 2.16. The molecule has 0 aliphatic carbocycles. The summed E-state index contributed by atoms with van der Waals surface area (Å²) in [7, 11) is 0. The van der Waals surface area contributed by atoms with Crippen LogP contribution in [0.15, 0.2) is 48.5 Å². The van der Waals surface area contributed by atoms with Crippen LogP contribution in [0.1, 0.15) is 27.6 Å². The van der Waals surface area contributed by atoms with Crippen molar-refractivity contribution in [3.05, 3.63) is 59.7 Å². The van der Waals surface area contributed by atoms with Gasteiger partial charge in [0.15, 0.2) is 12.4 Å². The summed E-state index contributed by atoms with van der Waals surface area (Å²) in [6.07, 6.45) is 0. The average Bonchev–Trinajstić information content (AvgIpc) is 2.70. The summed E-state index contributed by atoms with van der Waals surface area (Å²) in [5, 5.41) is 4.70. The molecule has 10 heteroatoms. The van der Waals surface area contributed by atoms with Crippen molar-refractivity contribution >= 4 is 29.3 Å². The van der Waals surface area contributed by atoms with Gasteiger partial charge in [0.2, 0.25) is 0 Å². The summed E-state index contributed by atoms with van der Waals surface area (Å²) in [5.41, 5.74) is 0.590. The Morgan fingerprint density at radius 2 is 1.77 bits per heavy atom. The molecule has 0 heterocycles. The Labute approximate surface area is 170 Å². The fourth-order valence-corrected chi connectivity index (χ4v) is 2.35. The van der Waals surface area contributed by atoms with E-state index >= 15 is 0 Å². The van der Waals surface area contributed by atoms with Crippen LogP contribution in [-0.4, -0.2) is 43.3 Å². The number of para-hydroxylation sites is 1. The summed E-state index contributed by atoms with van der Waals surface area (Å²) in [6.45, 7) is -2.86. The van der Waals surface area contributed by atoms with Crippen LogP contribution in [0.4, 0.5) is 14.5 Å². The van der Waals surface area contributed by atoms with E-state index in [9.17, 15) is 28.0 Å². The molecular weight excluding hydrogens is 402 g/mol. The Hall–Kier alpha value is -3.82. The SMILES string of the molecule is CC(=O)c1ccccc1NC(=O)COC(=O)CNC(=O)c1cccc(OC(F)F)c1. The van der Waals surface area contributed by atoms with Crippen LogP contribution in [0.25, 0.3) is 0 Å². The highest BCUT2D eigenvalue weighted by atomic mass is 19.3. The van der Waals surface area contributed by atoms with Crippen LogP contribution in [0.5, 0.6) is 5.75 Å². The largest absolute Gasteiger partial charge is 0.454 e. The number of nitrogens with one attached hydrogen (secondary N) is 2. The van der Waals surface area contributed by atoms with E-state index in [1.54, 1.807) is 18.2 Å². The molecule has 0 aliphatic heterocycles. The van der Waals surface area contributed by atoms with E-state index in [0.717, 1.165) is 6.07 Å². The molecule has 2 aromatic rings. The van der Waals surface area contributed by atoms with Crippen molar-refractivity contribution in [1.29, 1.82) is 0 Å². The maximum absolute atomic E-state index is 12.2. The number of hydrogen-bond donors (Lipinski definition) is 2. The predicted molar refractivity (Wildman–Crippen MR) is 101 cm³/mol. The highest BCUT2D eigenvalue weighted by molar-refractivity contribution is 6.04. The van der Waals surface area contributed by atoms with Crippen molar-refractivity contribution in [3.63, 3.8) is 0 Å². The van der Waals surface area contributed by atoms with E-state index in [1.807, 2.05) is 0 Å². The van der Waals surface area contributed by atoms with Gasteiger partial charge >= 0.3 is 12.6 Å². The van der Waals surface area contributed by atoms with E-state index in [2.05, 4.69) is 15.4 Å². The molecule has 2 rings (SSSR count). The molecule has 0 fully saturated rings. The number of ketones is 1. The standard InChI is InChI=1S/C20H18F2N2O6/c1-12(25)15-7-2-3-8-16(15)24-17(26)11-29-18(27)10-23-19(28)13-5-4-6-14(9-13)30-20(21)22/h2-9,20H,10-11H2,1H3,(H,23,28)(H,24,26). The minimum atomic E-state index is -3.04. The Bertz CT molecular complexity index is 948. The molecular formula is C20H18F2N2O6. The normalized spacial score (nSPS) is 10.3. The lowest BCUT2D eigenvalue weighted by Gasteiger charge is -2.10. The van der Waals surface area contributed by atoms with Crippen molar-refractivity contribution in [2.45, 2.75) is 13.5 Å². The second-order valence-electron chi connectivity index (χ2n) is 5.90. The summed E-state index contributed by atoms with van der Waals surface area (Å²) in [4.78, 5) is 47.2. The van der Waals surface area contributed by atoms with Crippen LogP contribution >= 0.6 is 0 Å². The molecule has 8 nitrogen and oxygen atoms in total. The number of Topliss-reactive ketones (excluding diaryl/α,β-unsaturated/α-hetero) is 1. The predicted octanol–water partition coefficient (Wildman–Crippen LogP) is 2.40. The summed E-state index contributed by atoms with van der Waals surface area (Å²) in [6, 6.07) is 11.4. The van der Waals surface area contributed by atoms with Gasteiger partial charge in [0.1, 0.15) is 12.3 Å². The first-order chi connectivity index (χ1) is 14.3. The minimum absolute atomic E-state index is 0.000433. The molecule has 0 spiro atoms. The molecule has 2 N–H and O–H groups in total. The van der Waals surface area contributed by atoms with Crippen LogP contribution in [0.2, 0.25) is 0 Å². The maximum Gasteiger partial charge on any atom is 0.387 e. The first kappa shape index (κ1) is 22.5. The van der Waals surface area contributed by atoms with Gasteiger partial charge in [-0.3, -0.25) is 19.2 Å². The summed E-state index contributed by atoms with van der Waals surface area (Å²) >= 11 is 0.